The van der Waals surface area contributed by atoms with Gasteiger partial charge in [0.15, 0.2) is 11.2 Å². The van der Waals surface area contributed by atoms with Gasteiger partial charge >= 0.3 is 5.97 Å². The first kappa shape index (κ1) is 20.8. The van der Waals surface area contributed by atoms with Crippen LogP contribution < -0.4 is 15.8 Å². The Balaban J connectivity index is 1.85. The summed E-state index contributed by atoms with van der Waals surface area (Å²) >= 11 is 0. The Labute approximate surface area is 158 Å². The molecule has 2 rings (SSSR count). The van der Waals surface area contributed by atoms with Crippen LogP contribution in [0.5, 0.6) is 5.88 Å². The first-order valence-electron chi connectivity index (χ1n) is 9.05. The quantitative estimate of drug-likeness (QED) is 0.335. The molecule has 0 spiro atoms. The van der Waals surface area contributed by atoms with Crippen molar-refractivity contribution in [3.8, 4) is 5.88 Å². The Morgan fingerprint density at radius 2 is 2.07 bits per heavy atom. The largest absolute Gasteiger partial charge is 0.476 e. The lowest BCUT2D eigenvalue weighted by atomic mass is 10.3. The van der Waals surface area contributed by atoms with E-state index in [4.69, 9.17) is 19.9 Å². The fourth-order valence-corrected chi connectivity index (χ4v) is 2.23. The molecule has 10 nitrogen and oxygen atoms in total. The zero-order valence-electron chi connectivity index (χ0n) is 16.3. The van der Waals surface area contributed by atoms with Crippen molar-refractivity contribution < 1.29 is 19.0 Å². The second kappa shape index (κ2) is 10.0. The van der Waals surface area contributed by atoms with E-state index in [1.54, 1.807) is 13.3 Å². The third kappa shape index (κ3) is 6.04. The van der Waals surface area contributed by atoms with Crippen LogP contribution in [0.3, 0.4) is 0 Å². The van der Waals surface area contributed by atoms with E-state index in [1.807, 2.05) is 25.3 Å². The molecule has 150 valence electrons. The molecule has 0 unspecified atom stereocenters. The fraction of sp³-hybridized carbons (Fsp3) is 0.647. The molecule has 0 aromatic carbocycles. The first-order chi connectivity index (χ1) is 12.9. The lowest BCUT2D eigenvalue weighted by molar-refractivity contribution is -0.150. The second-order valence-corrected chi connectivity index (χ2v) is 6.31. The standard InChI is InChI=1S/C17H28N6O4/c1-5-7-26-15-13-14(21-17(18)22-15)23(9-19-13)6-8-25-10-20-12(4)16(24)27-11(2)3/h9,11-12,20H,5-8,10H2,1-4H3,(H2,18,21,22)/t12-/m0/s1. The van der Waals surface area contributed by atoms with Gasteiger partial charge < -0.3 is 24.5 Å². The molecule has 0 radical (unpaired) electrons. The number of imidazole rings is 1. The summed E-state index contributed by atoms with van der Waals surface area (Å²) in [6, 6.07) is -0.438. The van der Waals surface area contributed by atoms with Crippen molar-refractivity contribution in [1.82, 2.24) is 24.8 Å². The molecule has 0 aliphatic heterocycles. The number of hydrogen-bond acceptors (Lipinski definition) is 9. The molecule has 0 aliphatic carbocycles. The molecule has 0 fully saturated rings. The van der Waals surface area contributed by atoms with Crippen molar-refractivity contribution in [3.63, 3.8) is 0 Å². The van der Waals surface area contributed by atoms with Gasteiger partial charge in [-0.15, -0.1) is 0 Å². The molecule has 2 heterocycles. The topological polar surface area (TPSA) is 126 Å². The molecular formula is C17H28N6O4. The van der Waals surface area contributed by atoms with Crippen LogP contribution in [0.2, 0.25) is 0 Å². The third-order valence-corrected chi connectivity index (χ3v) is 3.57. The number of nitrogens with zero attached hydrogens (tertiary/aromatic N) is 4. The Kier molecular flexibility index (Phi) is 7.74. The molecule has 0 bridgehead atoms. The van der Waals surface area contributed by atoms with E-state index >= 15 is 0 Å². The molecule has 2 aromatic heterocycles. The van der Waals surface area contributed by atoms with Gasteiger partial charge in [0.25, 0.3) is 0 Å². The maximum Gasteiger partial charge on any atom is 0.323 e. The molecule has 1 atom stereocenters. The van der Waals surface area contributed by atoms with Gasteiger partial charge in [-0.2, -0.15) is 9.97 Å². The molecule has 2 aromatic rings. The third-order valence-electron chi connectivity index (χ3n) is 3.57. The van der Waals surface area contributed by atoms with Gasteiger partial charge in [-0.25, -0.2) is 4.98 Å². The van der Waals surface area contributed by atoms with Crippen LogP contribution in [0, 0.1) is 0 Å². The zero-order chi connectivity index (χ0) is 19.8. The van der Waals surface area contributed by atoms with E-state index in [0.29, 0.717) is 36.8 Å². The second-order valence-electron chi connectivity index (χ2n) is 6.31. The Morgan fingerprint density at radius 3 is 2.78 bits per heavy atom. The Morgan fingerprint density at radius 1 is 1.30 bits per heavy atom. The smallest absolute Gasteiger partial charge is 0.323 e. The van der Waals surface area contributed by atoms with Crippen LogP contribution in [-0.2, 0) is 20.8 Å². The van der Waals surface area contributed by atoms with Crippen LogP contribution >= 0.6 is 0 Å². The van der Waals surface area contributed by atoms with Crippen molar-refractivity contribution >= 4 is 23.1 Å². The number of carbonyl (C=O) groups is 1. The van der Waals surface area contributed by atoms with Crippen molar-refractivity contribution in [3.05, 3.63) is 6.33 Å². The van der Waals surface area contributed by atoms with E-state index in [0.717, 1.165) is 6.42 Å². The number of hydrogen-bond donors (Lipinski definition) is 2. The van der Waals surface area contributed by atoms with Crippen LogP contribution in [0.1, 0.15) is 34.1 Å². The highest BCUT2D eigenvalue weighted by Gasteiger charge is 2.15. The summed E-state index contributed by atoms with van der Waals surface area (Å²) in [6.45, 7) is 9.04. The predicted molar refractivity (Wildman–Crippen MR) is 100 cm³/mol. The van der Waals surface area contributed by atoms with E-state index in [2.05, 4.69) is 20.3 Å². The van der Waals surface area contributed by atoms with Gasteiger partial charge in [0.1, 0.15) is 6.04 Å². The SMILES string of the molecule is CCCOc1nc(N)nc2c1ncn2CCOCN[C@@H](C)C(=O)OC(C)C. The predicted octanol–water partition coefficient (Wildman–Crippen LogP) is 1.10. The summed E-state index contributed by atoms with van der Waals surface area (Å²) in [7, 11) is 0. The number of esters is 1. The van der Waals surface area contributed by atoms with Gasteiger partial charge in [0.05, 0.1) is 32.4 Å². The average Bonchev–Trinajstić information content (AvgIpc) is 3.01. The average molecular weight is 380 g/mol. The van der Waals surface area contributed by atoms with Crippen LogP contribution in [0.15, 0.2) is 6.33 Å². The summed E-state index contributed by atoms with van der Waals surface area (Å²) in [5.41, 5.74) is 6.94. The number of nitrogens with one attached hydrogen (secondary N) is 1. The number of anilines is 1. The monoisotopic (exact) mass is 380 g/mol. The molecule has 3 N–H and O–H groups in total. The Bertz CT molecular complexity index is 748. The molecule has 0 amide bonds. The maximum atomic E-state index is 11.7. The number of nitrogen functional groups attached to an aromatic ring is 1. The first-order valence-corrected chi connectivity index (χ1v) is 9.05. The summed E-state index contributed by atoms with van der Waals surface area (Å²) in [6.07, 6.45) is 2.37. The number of rotatable bonds is 11. The summed E-state index contributed by atoms with van der Waals surface area (Å²) in [4.78, 5) is 24.4. The zero-order valence-corrected chi connectivity index (χ0v) is 16.3. The highest BCUT2D eigenvalue weighted by Crippen LogP contribution is 2.21. The number of aromatic nitrogens is 4. The summed E-state index contributed by atoms with van der Waals surface area (Å²) in [5, 5.41) is 2.96. The van der Waals surface area contributed by atoms with Crippen molar-refractivity contribution in [1.29, 1.82) is 0 Å². The number of fused-ring (bicyclic) bond motifs is 1. The van der Waals surface area contributed by atoms with Crippen LogP contribution in [-0.4, -0.2) is 57.6 Å². The van der Waals surface area contributed by atoms with Gasteiger partial charge in [0, 0.05) is 6.54 Å². The number of carbonyl (C=O) groups excluding carboxylic acids is 1. The van der Waals surface area contributed by atoms with Crippen molar-refractivity contribution in [2.24, 2.45) is 0 Å². The van der Waals surface area contributed by atoms with Gasteiger partial charge in [-0.1, -0.05) is 6.92 Å². The minimum atomic E-state index is -0.438. The van der Waals surface area contributed by atoms with E-state index in [-0.39, 0.29) is 24.8 Å². The van der Waals surface area contributed by atoms with Crippen LogP contribution in [0.4, 0.5) is 5.95 Å². The van der Waals surface area contributed by atoms with E-state index < -0.39 is 6.04 Å². The molecule has 0 saturated heterocycles. The molecule has 0 saturated carbocycles. The van der Waals surface area contributed by atoms with E-state index in [9.17, 15) is 4.79 Å². The molecular weight excluding hydrogens is 352 g/mol. The minimum Gasteiger partial charge on any atom is -0.476 e. The normalized spacial score (nSPS) is 12.5. The summed E-state index contributed by atoms with van der Waals surface area (Å²) in [5.74, 6) is 0.217. The van der Waals surface area contributed by atoms with Gasteiger partial charge in [-0.05, 0) is 27.2 Å². The highest BCUT2D eigenvalue weighted by molar-refractivity contribution is 5.77. The molecule has 10 heteroatoms. The lowest BCUT2D eigenvalue weighted by Crippen LogP contribution is -2.38. The minimum absolute atomic E-state index is 0.135. The number of ether oxygens (including phenoxy) is 3. The highest BCUT2D eigenvalue weighted by atomic mass is 16.5. The number of nitrogens with two attached hydrogens (primary N) is 1. The maximum absolute atomic E-state index is 11.7. The van der Waals surface area contributed by atoms with Gasteiger partial charge in [0.2, 0.25) is 11.8 Å². The van der Waals surface area contributed by atoms with Gasteiger partial charge in [-0.3, -0.25) is 10.1 Å². The lowest BCUT2D eigenvalue weighted by Gasteiger charge is -2.15. The van der Waals surface area contributed by atoms with E-state index in [1.165, 1.54) is 0 Å². The fourth-order valence-electron chi connectivity index (χ4n) is 2.23. The van der Waals surface area contributed by atoms with Crippen molar-refractivity contribution in [2.75, 3.05) is 25.7 Å². The molecule has 0 aliphatic rings. The summed E-state index contributed by atoms with van der Waals surface area (Å²) < 4.78 is 18.1. The molecule has 27 heavy (non-hydrogen) atoms. The van der Waals surface area contributed by atoms with Crippen molar-refractivity contribution in [2.45, 2.75) is 52.8 Å². The van der Waals surface area contributed by atoms with Crippen LogP contribution in [0.25, 0.3) is 11.2 Å². The Hall–Kier alpha value is -2.46.